The number of alkyl halides is 1. The van der Waals surface area contributed by atoms with Crippen molar-refractivity contribution in [2.24, 2.45) is 0 Å². The topological polar surface area (TPSA) is 49.3 Å². The molecule has 0 aromatic carbocycles. The molecule has 0 radical (unpaired) electrons. The second-order valence-corrected chi connectivity index (χ2v) is 3.89. The summed E-state index contributed by atoms with van der Waals surface area (Å²) in [4.78, 5) is 23.0. The summed E-state index contributed by atoms with van der Waals surface area (Å²) in [5.74, 6) is 0.498. The van der Waals surface area contributed by atoms with Crippen LogP contribution in [0.5, 0.6) is 0 Å². The minimum Gasteiger partial charge on any atom is -0.347 e. The summed E-state index contributed by atoms with van der Waals surface area (Å²) in [6, 6.07) is 1.78. The Morgan fingerprint density at radius 1 is 1.44 bits per heavy atom. The van der Waals surface area contributed by atoms with Gasteiger partial charge >= 0.3 is 0 Å². The summed E-state index contributed by atoms with van der Waals surface area (Å²) in [6.07, 6.45) is 1.68. The number of hydrogen-bond acceptors (Lipinski definition) is 4. The molecule has 0 saturated carbocycles. The van der Waals surface area contributed by atoms with Gasteiger partial charge in [-0.25, -0.2) is 9.97 Å². The molecule has 0 bridgehead atoms. The molecule has 0 N–H and O–H groups in total. The largest absolute Gasteiger partial charge is 0.347 e. The zero-order valence-corrected chi connectivity index (χ0v) is 10.4. The third-order valence-electron chi connectivity index (χ3n) is 2.04. The van der Waals surface area contributed by atoms with E-state index in [1.165, 1.54) is 4.90 Å². The van der Waals surface area contributed by atoms with E-state index in [0.29, 0.717) is 12.5 Å². The van der Waals surface area contributed by atoms with E-state index < -0.39 is 0 Å². The Bertz CT molecular complexity index is 370. The second-order valence-electron chi connectivity index (χ2n) is 3.63. The Morgan fingerprint density at radius 2 is 2.12 bits per heavy atom. The number of aromatic nitrogens is 2. The number of carbonyl (C=O) groups is 1. The molecule has 1 heterocycles. The molecule has 1 amide bonds. The van der Waals surface area contributed by atoms with Crippen molar-refractivity contribution in [1.29, 1.82) is 0 Å². The third kappa shape index (κ3) is 3.34. The summed E-state index contributed by atoms with van der Waals surface area (Å²) in [5.41, 5.74) is 0.791. The summed E-state index contributed by atoms with van der Waals surface area (Å²) in [5, 5.41) is 0. The third-order valence-corrected chi connectivity index (χ3v) is 2.27. The van der Waals surface area contributed by atoms with Crippen LogP contribution < -0.4 is 4.90 Å². The first-order valence-electron chi connectivity index (χ1n) is 4.83. The Hall–Kier alpha value is -1.36. The van der Waals surface area contributed by atoms with E-state index in [1.807, 2.05) is 19.0 Å². The van der Waals surface area contributed by atoms with Gasteiger partial charge in [-0.15, -0.1) is 11.6 Å². The normalized spacial score (nSPS) is 10.0. The van der Waals surface area contributed by atoms with Crippen LogP contribution in [0.3, 0.4) is 0 Å². The molecular weight excluding hydrogens is 228 g/mol. The van der Waals surface area contributed by atoms with Gasteiger partial charge in [0, 0.05) is 27.3 Å². The summed E-state index contributed by atoms with van der Waals surface area (Å²) in [6.45, 7) is 0.439. The maximum absolute atomic E-state index is 11.3. The highest BCUT2D eigenvalue weighted by molar-refractivity contribution is 6.27. The van der Waals surface area contributed by atoms with Crippen LogP contribution in [-0.4, -0.2) is 47.8 Å². The zero-order valence-electron chi connectivity index (χ0n) is 9.64. The van der Waals surface area contributed by atoms with E-state index in [-0.39, 0.29) is 11.8 Å². The molecule has 0 spiro atoms. The highest BCUT2D eigenvalue weighted by Gasteiger charge is 2.09. The van der Waals surface area contributed by atoms with Crippen LogP contribution in [-0.2, 0) is 11.3 Å². The predicted octanol–water partition coefficient (Wildman–Crippen LogP) is 0.740. The van der Waals surface area contributed by atoms with Crippen LogP contribution in [0.2, 0.25) is 0 Å². The Kier molecular flexibility index (Phi) is 4.49. The van der Waals surface area contributed by atoms with Gasteiger partial charge in [0.1, 0.15) is 5.88 Å². The van der Waals surface area contributed by atoms with Crippen molar-refractivity contribution in [1.82, 2.24) is 14.9 Å². The lowest BCUT2D eigenvalue weighted by atomic mass is 10.3. The number of amides is 1. The van der Waals surface area contributed by atoms with Crippen molar-refractivity contribution in [3.05, 3.63) is 18.0 Å². The molecule has 1 aromatic rings. The molecule has 88 valence electrons. The minimum atomic E-state index is -0.119. The van der Waals surface area contributed by atoms with E-state index in [9.17, 15) is 4.79 Å². The van der Waals surface area contributed by atoms with Crippen molar-refractivity contribution >= 4 is 23.5 Å². The van der Waals surface area contributed by atoms with Crippen molar-refractivity contribution < 1.29 is 4.79 Å². The molecule has 16 heavy (non-hydrogen) atoms. The molecular formula is C10H15ClN4O. The van der Waals surface area contributed by atoms with Crippen molar-refractivity contribution in [3.63, 3.8) is 0 Å². The molecule has 0 unspecified atom stereocenters. The van der Waals surface area contributed by atoms with E-state index in [4.69, 9.17) is 11.6 Å². The van der Waals surface area contributed by atoms with Crippen LogP contribution in [0.4, 0.5) is 5.95 Å². The Labute approximate surface area is 100 Å². The van der Waals surface area contributed by atoms with Gasteiger partial charge in [-0.05, 0) is 6.07 Å². The van der Waals surface area contributed by atoms with Crippen LogP contribution in [0.15, 0.2) is 12.3 Å². The average molecular weight is 243 g/mol. The van der Waals surface area contributed by atoms with Crippen LogP contribution >= 0.6 is 11.6 Å². The number of halogens is 1. The smallest absolute Gasteiger partial charge is 0.237 e. The van der Waals surface area contributed by atoms with Crippen LogP contribution in [0, 0.1) is 0 Å². The van der Waals surface area contributed by atoms with Crippen molar-refractivity contribution in [2.75, 3.05) is 31.9 Å². The number of carbonyl (C=O) groups excluding carboxylic acids is 1. The maximum Gasteiger partial charge on any atom is 0.237 e. The molecule has 5 nitrogen and oxygen atoms in total. The number of rotatable bonds is 4. The van der Waals surface area contributed by atoms with Gasteiger partial charge in [0.15, 0.2) is 0 Å². The molecule has 0 aliphatic carbocycles. The average Bonchev–Trinajstić information content (AvgIpc) is 2.28. The van der Waals surface area contributed by atoms with Crippen LogP contribution in [0.25, 0.3) is 0 Å². The first-order valence-corrected chi connectivity index (χ1v) is 5.37. The maximum atomic E-state index is 11.3. The van der Waals surface area contributed by atoms with Gasteiger partial charge < -0.3 is 9.80 Å². The summed E-state index contributed by atoms with van der Waals surface area (Å²) in [7, 11) is 5.43. The lowest BCUT2D eigenvalue weighted by Crippen LogP contribution is -2.27. The molecule has 0 aliphatic rings. The van der Waals surface area contributed by atoms with Crippen LogP contribution in [0.1, 0.15) is 5.69 Å². The fourth-order valence-corrected chi connectivity index (χ4v) is 1.33. The van der Waals surface area contributed by atoms with Gasteiger partial charge in [0.2, 0.25) is 11.9 Å². The lowest BCUT2D eigenvalue weighted by Gasteiger charge is -2.16. The second kappa shape index (κ2) is 5.65. The van der Waals surface area contributed by atoms with Gasteiger partial charge in [-0.2, -0.15) is 0 Å². The molecule has 1 aromatic heterocycles. The van der Waals surface area contributed by atoms with Gasteiger partial charge in [0.25, 0.3) is 0 Å². The fourth-order valence-electron chi connectivity index (χ4n) is 1.12. The highest BCUT2D eigenvalue weighted by Crippen LogP contribution is 2.05. The number of nitrogens with zero attached hydrogens (tertiary/aromatic N) is 4. The molecule has 0 saturated heterocycles. The standard InChI is InChI=1S/C10H15ClN4O/c1-14(2)10-12-5-4-8(13-10)7-15(3)9(16)6-11/h4-5H,6-7H2,1-3H3. The molecule has 0 atom stereocenters. The highest BCUT2D eigenvalue weighted by atomic mass is 35.5. The molecule has 6 heteroatoms. The Balaban J connectivity index is 2.74. The quantitative estimate of drug-likeness (QED) is 0.731. The molecule has 1 rings (SSSR count). The first kappa shape index (κ1) is 12.7. The number of hydrogen-bond donors (Lipinski definition) is 0. The van der Waals surface area contributed by atoms with Gasteiger partial charge in [-0.1, -0.05) is 0 Å². The summed E-state index contributed by atoms with van der Waals surface area (Å²) >= 11 is 5.46. The van der Waals surface area contributed by atoms with Crippen molar-refractivity contribution in [3.8, 4) is 0 Å². The number of anilines is 1. The SMILES string of the molecule is CN(Cc1ccnc(N(C)C)n1)C(=O)CCl. The van der Waals surface area contributed by atoms with E-state index >= 15 is 0 Å². The van der Waals surface area contributed by atoms with E-state index in [1.54, 1.807) is 19.3 Å². The van der Waals surface area contributed by atoms with Gasteiger partial charge in [-0.3, -0.25) is 4.79 Å². The Morgan fingerprint density at radius 3 is 2.69 bits per heavy atom. The minimum absolute atomic E-state index is 0.0118. The zero-order chi connectivity index (χ0) is 12.1. The summed E-state index contributed by atoms with van der Waals surface area (Å²) < 4.78 is 0. The molecule has 0 fully saturated rings. The fraction of sp³-hybridized carbons (Fsp3) is 0.500. The van der Waals surface area contributed by atoms with E-state index in [2.05, 4.69) is 9.97 Å². The predicted molar refractivity (Wildman–Crippen MR) is 63.6 cm³/mol. The van der Waals surface area contributed by atoms with Gasteiger partial charge in [0.05, 0.1) is 12.2 Å². The monoisotopic (exact) mass is 242 g/mol. The lowest BCUT2D eigenvalue weighted by molar-refractivity contribution is -0.127. The van der Waals surface area contributed by atoms with Crippen molar-refractivity contribution in [2.45, 2.75) is 6.54 Å². The molecule has 0 aliphatic heterocycles. The van der Waals surface area contributed by atoms with E-state index in [0.717, 1.165) is 5.69 Å². The first-order chi connectivity index (χ1) is 7.54.